The third-order valence-electron chi connectivity index (χ3n) is 10.9. The molecule has 232 valence electrons. The Bertz CT molecular complexity index is 2170. The summed E-state index contributed by atoms with van der Waals surface area (Å²) >= 11 is 0. The van der Waals surface area contributed by atoms with Crippen LogP contribution in [0.1, 0.15) is 66.8 Å². The summed E-state index contributed by atoms with van der Waals surface area (Å²) in [5.74, 6) is 1.10. The fourth-order valence-electron chi connectivity index (χ4n) is 8.38. The molecule has 0 radical (unpaired) electrons. The second-order valence-corrected chi connectivity index (χ2v) is 13.6. The number of aromatic nitrogens is 2. The number of benzene rings is 5. The number of hydrogen-bond acceptors (Lipinski definition) is 2. The van der Waals surface area contributed by atoms with Gasteiger partial charge in [-0.15, -0.1) is 0 Å². The van der Waals surface area contributed by atoms with Crippen molar-refractivity contribution in [2.24, 2.45) is 0 Å². The minimum atomic E-state index is 0.185. The molecule has 1 fully saturated rings. The fraction of sp³-hybridized carbons (Fsp3) is 0.174. The quantitative estimate of drug-likeness (QED) is 0.192. The molecule has 9 rings (SSSR count). The van der Waals surface area contributed by atoms with Crippen LogP contribution in [-0.4, -0.2) is 9.97 Å². The highest BCUT2D eigenvalue weighted by Gasteiger charge is 2.43. The molecule has 0 saturated heterocycles. The lowest BCUT2D eigenvalue weighted by atomic mass is 9.67. The lowest BCUT2D eigenvalue weighted by Gasteiger charge is -2.36. The molecular weight excluding hydrogens is 581 g/mol. The Kier molecular flexibility index (Phi) is 7.23. The maximum Gasteiger partial charge on any atom is 0.160 e. The standard InChI is InChI=1S/C46H38N2/c1-4-12-32(13-5-1)33-18-22-35(23-19-33)43-31-44(48-45(47-43)37-14-6-2-7-15-37)36-24-20-34(21-25-36)38-26-27-40-39-16-8-9-17-41(39)46(42(40)30-38)28-10-3-11-29-46/h1-2,4-9,12-20,22-27,30-31,34H,3,10-11,21,28-29H2. The Morgan fingerprint density at radius 1 is 0.521 bits per heavy atom. The van der Waals surface area contributed by atoms with Crippen LogP contribution in [0.3, 0.4) is 0 Å². The van der Waals surface area contributed by atoms with Crippen molar-refractivity contribution in [1.29, 1.82) is 0 Å². The lowest BCUT2D eigenvalue weighted by Crippen LogP contribution is -2.28. The van der Waals surface area contributed by atoms with E-state index in [1.54, 1.807) is 11.1 Å². The number of fused-ring (bicyclic) bond motifs is 5. The molecule has 2 heteroatoms. The summed E-state index contributed by atoms with van der Waals surface area (Å²) in [6.45, 7) is 0. The number of allylic oxidation sites excluding steroid dienone is 4. The molecule has 0 amide bonds. The number of rotatable bonds is 5. The van der Waals surface area contributed by atoms with Crippen molar-refractivity contribution in [3.63, 3.8) is 0 Å². The van der Waals surface area contributed by atoms with Gasteiger partial charge in [0, 0.05) is 22.5 Å². The molecule has 2 nitrogen and oxygen atoms in total. The highest BCUT2D eigenvalue weighted by Crippen LogP contribution is 2.56. The average Bonchev–Trinajstić information content (AvgIpc) is 3.43. The van der Waals surface area contributed by atoms with Gasteiger partial charge in [-0.1, -0.05) is 165 Å². The van der Waals surface area contributed by atoms with E-state index in [1.165, 1.54) is 59.9 Å². The molecule has 5 aromatic carbocycles. The molecular formula is C46H38N2. The third kappa shape index (κ3) is 5.04. The predicted molar refractivity (Wildman–Crippen MR) is 199 cm³/mol. The summed E-state index contributed by atoms with van der Waals surface area (Å²) < 4.78 is 0. The Morgan fingerprint density at radius 2 is 1.17 bits per heavy atom. The van der Waals surface area contributed by atoms with Crippen LogP contribution in [0.5, 0.6) is 0 Å². The van der Waals surface area contributed by atoms with Crippen molar-refractivity contribution in [2.75, 3.05) is 0 Å². The first kappa shape index (κ1) is 28.8. The summed E-state index contributed by atoms with van der Waals surface area (Å²) in [5, 5.41) is 0. The minimum absolute atomic E-state index is 0.185. The van der Waals surface area contributed by atoms with Crippen LogP contribution in [0.2, 0.25) is 0 Å². The normalized spacial score (nSPS) is 17.5. The molecule has 6 aromatic rings. The molecule has 0 aliphatic heterocycles. The monoisotopic (exact) mass is 618 g/mol. The molecule has 3 aliphatic rings. The van der Waals surface area contributed by atoms with E-state index in [4.69, 9.17) is 9.97 Å². The fourth-order valence-corrected chi connectivity index (χ4v) is 8.38. The van der Waals surface area contributed by atoms with Crippen molar-refractivity contribution < 1.29 is 0 Å². The average molecular weight is 619 g/mol. The van der Waals surface area contributed by atoms with Crippen LogP contribution in [0, 0.1) is 0 Å². The smallest absolute Gasteiger partial charge is 0.160 e. The lowest BCUT2D eigenvalue weighted by molar-refractivity contribution is 0.352. The predicted octanol–water partition coefficient (Wildman–Crippen LogP) is 11.8. The second-order valence-electron chi connectivity index (χ2n) is 13.6. The van der Waals surface area contributed by atoms with Crippen LogP contribution in [0.4, 0.5) is 0 Å². The molecule has 0 N–H and O–H groups in total. The van der Waals surface area contributed by atoms with Gasteiger partial charge in [-0.25, -0.2) is 9.97 Å². The molecule has 1 saturated carbocycles. The Labute approximate surface area is 283 Å². The van der Waals surface area contributed by atoms with Crippen molar-refractivity contribution >= 4 is 5.57 Å². The zero-order chi connectivity index (χ0) is 31.9. The first-order valence-corrected chi connectivity index (χ1v) is 17.5. The molecule has 0 bridgehead atoms. The molecule has 3 aliphatic carbocycles. The molecule has 1 atom stereocenters. The molecule has 1 spiro atoms. The van der Waals surface area contributed by atoms with Gasteiger partial charge in [0.05, 0.1) is 11.4 Å². The van der Waals surface area contributed by atoms with E-state index in [1.807, 2.05) is 6.07 Å². The SMILES string of the molecule is C1=CC(c2ccc3c(c2)C2(CCCCC2)c2ccccc2-3)CC=C1c1cc(-c2ccc(-c3ccccc3)cc2)nc(-c2ccccc2)n1. The van der Waals surface area contributed by atoms with Gasteiger partial charge in [-0.3, -0.25) is 0 Å². The van der Waals surface area contributed by atoms with Gasteiger partial charge in [0.25, 0.3) is 0 Å². The van der Waals surface area contributed by atoms with Crippen LogP contribution >= 0.6 is 0 Å². The number of nitrogens with zero attached hydrogens (tertiary/aromatic N) is 2. The maximum atomic E-state index is 5.11. The summed E-state index contributed by atoms with van der Waals surface area (Å²) in [6.07, 6.45) is 14.5. The molecule has 48 heavy (non-hydrogen) atoms. The molecule has 1 heterocycles. The van der Waals surface area contributed by atoms with E-state index in [-0.39, 0.29) is 5.41 Å². The van der Waals surface area contributed by atoms with E-state index in [9.17, 15) is 0 Å². The van der Waals surface area contributed by atoms with Gasteiger partial charge in [0.1, 0.15) is 0 Å². The number of hydrogen-bond donors (Lipinski definition) is 0. The van der Waals surface area contributed by atoms with Crippen LogP contribution in [0.15, 0.2) is 152 Å². The summed E-state index contributed by atoms with van der Waals surface area (Å²) in [7, 11) is 0. The van der Waals surface area contributed by atoms with Gasteiger partial charge < -0.3 is 0 Å². The van der Waals surface area contributed by atoms with Crippen molar-refractivity contribution in [3.8, 4) is 44.9 Å². The zero-order valence-electron chi connectivity index (χ0n) is 27.1. The third-order valence-corrected chi connectivity index (χ3v) is 10.9. The van der Waals surface area contributed by atoms with Crippen molar-refractivity contribution in [3.05, 3.63) is 174 Å². The van der Waals surface area contributed by atoms with Crippen LogP contribution in [-0.2, 0) is 5.41 Å². The van der Waals surface area contributed by atoms with Crippen molar-refractivity contribution in [1.82, 2.24) is 9.97 Å². The zero-order valence-corrected chi connectivity index (χ0v) is 27.1. The van der Waals surface area contributed by atoms with Gasteiger partial charge >= 0.3 is 0 Å². The van der Waals surface area contributed by atoms with Crippen LogP contribution in [0.25, 0.3) is 50.5 Å². The summed E-state index contributed by atoms with van der Waals surface area (Å²) in [6, 6.07) is 48.2. The highest BCUT2D eigenvalue weighted by molar-refractivity contribution is 5.82. The van der Waals surface area contributed by atoms with E-state index >= 15 is 0 Å². The summed E-state index contributed by atoms with van der Waals surface area (Å²) in [5.41, 5.74) is 15.2. The topological polar surface area (TPSA) is 25.8 Å². The highest BCUT2D eigenvalue weighted by atomic mass is 14.9. The molecule has 1 aromatic heterocycles. The first-order chi connectivity index (χ1) is 23.7. The largest absolute Gasteiger partial charge is 0.228 e. The molecule has 1 unspecified atom stereocenters. The summed E-state index contributed by atoms with van der Waals surface area (Å²) in [4.78, 5) is 10.2. The van der Waals surface area contributed by atoms with E-state index in [0.29, 0.717) is 5.92 Å². The van der Waals surface area contributed by atoms with Gasteiger partial charge in [0.2, 0.25) is 0 Å². The van der Waals surface area contributed by atoms with Gasteiger partial charge in [0.15, 0.2) is 5.82 Å². The van der Waals surface area contributed by atoms with E-state index in [2.05, 4.69) is 146 Å². The van der Waals surface area contributed by atoms with E-state index < -0.39 is 0 Å². The Balaban J connectivity index is 1.04. The minimum Gasteiger partial charge on any atom is -0.228 e. The Morgan fingerprint density at radius 3 is 1.92 bits per heavy atom. The maximum absolute atomic E-state index is 5.11. The van der Waals surface area contributed by atoms with Gasteiger partial charge in [-0.05, 0) is 69.8 Å². The Hall–Kier alpha value is -5.34. The van der Waals surface area contributed by atoms with E-state index in [0.717, 1.165) is 40.3 Å². The van der Waals surface area contributed by atoms with Gasteiger partial charge in [-0.2, -0.15) is 0 Å². The van der Waals surface area contributed by atoms with Crippen molar-refractivity contribution in [2.45, 2.75) is 49.9 Å². The first-order valence-electron chi connectivity index (χ1n) is 17.5. The van der Waals surface area contributed by atoms with Crippen LogP contribution < -0.4 is 0 Å². The second kappa shape index (κ2) is 12.0.